The number of thiazole rings is 1. The summed E-state index contributed by atoms with van der Waals surface area (Å²) in [6.45, 7) is -0.0269. The molecule has 1 aromatic heterocycles. The van der Waals surface area contributed by atoms with E-state index in [1.54, 1.807) is 11.3 Å². The van der Waals surface area contributed by atoms with Crippen molar-refractivity contribution in [3.05, 3.63) is 64.5 Å². The van der Waals surface area contributed by atoms with Crippen LogP contribution in [0.25, 0.3) is 11.3 Å². The fraction of sp³-hybridized carbons (Fsp3) is 0.150. The van der Waals surface area contributed by atoms with E-state index in [-0.39, 0.29) is 19.1 Å². The summed E-state index contributed by atoms with van der Waals surface area (Å²) < 4.78 is 5.47. The van der Waals surface area contributed by atoms with Crippen LogP contribution in [0, 0.1) is 11.3 Å². The average molecular weight is 361 g/mol. The van der Waals surface area contributed by atoms with Crippen LogP contribution in [-0.2, 0) is 11.2 Å². The van der Waals surface area contributed by atoms with Gasteiger partial charge in [-0.25, -0.2) is 4.98 Å². The Morgan fingerprint density at radius 3 is 2.88 bits per heavy atom. The third-order valence-electron chi connectivity index (χ3n) is 4.18. The molecule has 0 unspecified atom stereocenters. The monoisotopic (exact) mass is 361 g/mol. The zero-order valence-corrected chi connectivity index (χ0v) is 14.7. The number of hydrogen-bond donors (Lipinski definition) is 0. The highest BCUT2D eigenvalue weighted by molar-refractivity contribution is 7.10. The maximum atomic E-state index is 12.0. The molecule has 0 atom stereocenters. The molecule has 1 amide bonds. The highest BCUT2D eigenvalue weighted by Gasteiger charge is 2.25. The zero-order chi connectivity index (χ0) is 17.9. The number of aromatic nitrogens is 1. The van der Waals surface area contributed by atoms with Crippen LogP contribution in [0.1, 0.15) is 10.6 Å². The lowest BCUT2D eigenvalue weighted by Gasteiger charge is -2.27. The summed E-state index contributed by atoms with van der Waals surface area (Å²) in [5.74, 6) is 0.405. The highest BCUT2D eigenvalue weighted by Crippen LogP contribution is 2.36. The third kappa shape index (κ3) is 3.17. The Hall–Kier alpha value is -3.17. The van der Waals surface area contributed by atoms with E-state index in [0.29, 0.717) is 11.4 Å². The lowest BCUT2D eigenvalue weighted by molar-refractivity contribution is -0.121. The number of amides is 1. The number of nitrogens with zero attached hydrogens (tertiary/aromatic N) is 3. The van der Waals surface area contributed by atoms with E-state index in [1.165, 1.54) is 10.5 Å². The normalized spacial score (nSPS) is 13.0. The molecule has 1 aliphatic heterocycles. The lowest BCUT2D eigenvalue weighted by Crippen LogP contribution is -2.39. The van der Waals surface area contributed by atoms with Gasteiger partial charge in [0.25, 0.3) is 5.91 Å². The fourth-order valence-corrected chi connectivity index (χ4v) is 3.74. The van der Waals surface area contributed by atoms with Gasteiger partial charge in [-0.15, -0.1) is 11.3 Å². The molecule has 128 valence electrons. The van der Waals surface area contributed by atoms with Crippen LogP contribution in [0.3, 0.4) is 0 Å². The molecule has 0 bridgehead atoms. The minimum Gasteiger partial charge on any atom is -0.482 e. The molecule has 0 fully saturated rings. The molecule has 0 aliphatic carbocycles. The molecular weight excluding hydrogens is 346 g/mol. The lowest BCUT2D eigenvalue weighted by atomic mass is 10.1. The topological polar surface area (TPSA) is 66.2 Å². The van der Waals surface area contributed by atoms with Crippen molar-refractivity contribution in [2.24, 2.45) is 0 Å². The van der Waals surface area contributed by atoms with Crippen molar-refractivity contribution in [1.29, 1.82) is 5.26 Å². The largest absolute Gasteiger partial charge is 0.482 e. The highest BCUT2D eigenvalue weighted by atomic mass is 32.1. The van der Waals surface area contributed by atoms with Gasteiger partial charge >= 0.3 is 0 Å². The van der Waals surface area contributed by atoms with Gasteiger partial charge < -0.3 is 4.74 Å². The minimum absolute atomic E-state index is 0.00890. The first-order valence-corrected chi connectivity index (χ1v) is 9.05. The van der Waals surface area contributed by atoms with E-state index in [4.69, 9.17) is 15.0 Å². The summed E-state index contributed by atoms with van der Waals surface area (Å²) in [6.07, 6.45) is 0.790. The molecule has 0 spiro atoms. The number of benzene rings is 2. The van der Waals surface area contributed by atoms with E-state index in [0.717, 1.165) is 22.7 Å². The summed E-state index contributed by atoms with van der Waals surface area (Å²) in [5, 5.41) is 12.0. The summed E-state index contributed by atoms with van der Waals surface area (Å²) in [5.41, 5.74) is 3.61. The molecule has 0 saturated heterocycles. The summed E-state index contributed by atoms with van der Waals surface area (Å²) in [4.78, 5) is 18.2. The predicted octanol–water partition coefficient (Wildman–Crippen LogP) is 3.65. The SMILES string of the molecule is N#CCN1C(=O)COc2ccc(-c3csc(Cc4ccccc4)n3)cc21. The van der Waals surface area contributed by atoms with Crippen LogP contribution in [0.15, 0.2) is 53.9 Å². The first kappa shape index (κ1) is 16.3. The smallest absolute Gasteiger partial charge is 0.265 e. The van der Waals surface area contributed by atoms with Gasteiger partial charge in [0.1, 0.15) is 12.3 Å². The summed E-state index contributed by atoms with van der Waals surface area (Å²) >= 11 is 1.61. The number of rotatable bonds is 4. The van der Waals surface area contributed by atoms with E-state index < -0.39 is 0 Å². The molecule has 26 heavy (non-hydrogen) atoms. The zero-order valence-electron chi connectivity index (χ0n) is 13.9. The maximum Gasteiger partial charge on any atom is 0.265 e. The molecule has 0 N–H and O–H groups in total. The number of carbonyl (C=O) groups excluding carboxylic acids is 1. The first-order chi connectivity index (χ1) is 12.7. The van der Waals surface area contributed by atoms with Gasteiger partial charge in [-0.3, -0.25) is 9.69 Å². The molecule has 0 radical (unpaired) electrons. The van der Waals surface area contributed by atoms with Gasteiger partial charge in [-0.2, -0.15) is 5.26 Å². The number of carbonyl (C=O) groups is 1. The van der Waals surface area contributed by atoms with Gasteiger partial charge in [0, 0.05) is 17.4 Å². The molecule has 2 heterocycles. The molecule has 0 saturated carbocycles. The molecule has 6 heteroatoms. The average Bonchev–Trinajstić information content (AvgIpc) is 3.13. The first-order valence-electron chi connectivity index (χ1n) is 8.17. The summed E-state index contributed by atoms with van der Waals surface area (Å²) in [6, 6.07) is 17.9. The number of nitriles is 1. The van der Waals surface area contributed by atoms with Crippen molar-refractivity contribution in [2.45, 2.75) is 6.42 Å². The predicted molar refractivity (Wildman–Crippen MR) is 100 cm³/mol. The Morgan fingerprint density at radius 1 is 1.23 bits per heavy atom. The van der Waals surface area contributed by atoms with Crippen LogP contribution in [0.5, 0.6) is 5.75 Å². The van der Waals surface area contributed by atoms with Gasteiger partial charge in [0.2, 0.25) is 0 Å². The molecule has 1 aliphatic rings. The van der Waals surface area contributed by atoms with E-state index in [2.05, 4.69) is 12.1 Å². The third-order valence-corrected chi connectivity index (χ3v) is 5.03. The van der Waals surface area contributed by atoms with Crippen LogP contribution < -0.4 is 9.64 Å². The Morgan fingerprint density at radius 2 is 2.08 bits per heavy atom. The molecule has 4 rings (SSSR count). The Kier molecular flexibility index (Phi) is 4.38. The standard InChI is InChI=1S/C20H15N3O2S/c21-8-9-23-17-11-15(6-7-18(17)25-12-20(23)24)16-13-26-19(22-16)10-14-4-2-1-3-5-14/h1-7,11,13H,9-10,12H2. The van der Waals surface area contributed by atoms with Crippen molar-refractivity contribution < 1.29 is 9.53 Å². The van der Waals surface area contributed by atoms with Gasteiger partial charge in [0.15, 0.2) is 6.61 Å². The van der Waals surface area contributed by atoms with Crippen LogP contribution in [-0.4, -0.2) is 24.0 Å². The van der Waals surface area contributed by atoms with E-state index >= 15 is 0 Å². The number of hydrogen-bond acceptors (Lipinski definition) is 5. The van der Waals surface area contributed by atoms with Crippen LogP contribution in [0.2, 0.25) is 0 Å². The second-order valence-corrected chi connectivity index (χ2v) is 6.84. The van der Waals surface area contributed by atoms with Crippen molar-refractivity contribution >= 4 is 22.9 Å². The minimum atomic E-state index is -0.209. The maximum absolute atomic E-state index is 12.0. The van der Waals surface area contributed by atoms with Gasteiger partial charge in [-0.05, 0) is 23.8 Å². The van der Waals surface area contributed by atoms with E-state index in [9.17, 15) is 4.79 Å². The Balaban J connectivity index is 1.63. The quantitative estimate of drug-likeness (QED) is 0.665. The number of ether oxygens (including phenoxy) is 1. The molecular formula is C20H15N3O2S. The summed E-state index contributed by atoms with van der Waals surface area (Å²) in [7, 11) is 0. The Labute approximate surface area is 155 Å². The number of anilines is 1. The van der Waals surface area contributed by atoms with Crippen molar-refractivity contribution in [1.82, 2.24) is 4.98 Å². The second kappa shape index (κ2) is 6.98. The van der Waals surface area contributed by atoms with Crippen molar-refractivity contribution in [3.8, 4) is 23.1 Å². The van der Waals surface area contributed by atoms with E-state index in [1.807, 2.05) is 47.8 Å². The van der Waals surface area contributed by atoms with Crippen molar-refractivity contribution in [3.63, 3.8) is 0 Å². The fourth-order valence-electron chi connectivity index (χ4n) is 2.90. The number of fused-ring (bicyclic) bond motifs is 1. The Bertz CT molecular complexity index is 992. The van der Waals surface area contributed by atoms with Gasteiger partial charge in [-0.1, -0.05) is 30.3 Å². The molecule has 5 nitrogen and oxygen atoms in total. The molecule has 2 aromatic carbocycles. The van der Waals surface area contributed by atoms with Crippen LogP contribution in [0.4, 0.5) is 5.69 Å². The van der Waals surface area contributed by atoms with Gasteiger partial charge in [0.05, 0.1) is 22.5 Å². The second-order valence-electron chi connectivity index (χ2n) is 5.90. The van der Waals surface area contributed by atoms with Crippen molar-refractivity contribution in [2.75, 3.05) is 18.1 Å². The molecule has 3 aromatic rings. The van der Waals surface area contributed by atoms with Crippen LogP contribution >= 0.6 is 11.3 Å².